The van der Waals surface area contributed by atoms with Crippen LogP contribution in [0.3, 0.4) is 0 Å². The molecule has 6 nitrogen and oxygen atoms in total. The van der Waals surface area contributed by atoms with Gasteiger partial charge in [-0.3, -0.25) is 4.79 Å². The Morgan fingerprint density at radius 2 is 1.64 bits per heavy atom. The number of sulfonamides is 1. The fraction of sp³-hybridized carbons (Fsp3) is 0.190. The molecular weight excluding hydrogens is 376 g/mol. The SMILES string of the molecule is CN(C)c1ccc2ccccc2c1S(=O)(=O)N[C@@H](Cc1ccccc1)C(=O)O. The zero-order valence-electron chi connectivity index (χ0n) is 15.7. The first-order valence-corrected chi connectivity index (χ1v) is 10.3. The van der Waals surface area contributed by atoms with Crippen LogP contribution in [0.15, 0.2) is 71.6 Å². The van der Waals surface area contributed by atoms with Gasteiger partial charge >= 0.3 is 5.97 Å². The van der Waals surface area contributed by atoms with Crippen molar-refractivity contribution in [2.75, 3.05) is 19.0 Å². The van der Waals surface area contributed by atoms with Gasteiger partial charge in [0, 0.05) is 19.5 Å². The lowest BCUT2D eigenvalue weighted by Crippen LogP contribution is -2.42. The van der Waals surface area contributed by atoms with Crippen molar-refractivity contribution in [1.29, 1.82) is 0 Å². The first kappa shape index (κ1) is 19.9. The van der Waals surface area contributed by atoms with Gasteiger partial charge < -0.3 is 10.0 Å². The Morgan fingerprint density at radius 3 is 2.29 bits per heavy atom. The lowest BCUT2D eigenvalue weighted by Gasteiger charge is -2.21. The van der Waals surface area contributed by atoms with Crippen LogP contribution in [0.4, 0.5) is 5.69 Å². The summed E-state index contributed by atoms with van der Waals surface area (Å²) in [5, 5.41) is 10.9. The summed E-state index contributed by atoms with van der Waals surface area (Å²) in [6, 6.07) is 18.4. The molecule has 0 unspecified atom stereocenters. The van der Waals surface area contributed by atoms with Crippen molar-refractivity contribution in [3.05, 3.63) is 72.3 Å². The van der Waals surface area contributed by atoms with Gasteiger partial charge in [0.2, 0.25) is 10.0 Å². The molecule has 1 atom stereocenters. The monoisotopic (exact) mass is 398 g/mol. The topological polar surface area (TPSA) is 86.7 Å². The summed E-state index contributed by atoms with van der Waals surface area (Å²) in [5.74, 6) is -1.22. The number of fused-ring (bicyclic) bond motifs is 1. The lowest BCUT2D eigenvalue weighted by atomic mass is 10.1. The third-order valence-corrected chi connectivity index (χ3v) is 6.05. The molecule has 3 aromatic rings. The molecule has 0 aromatic heterocycles. The standard InChI is InChI=1S/C21H22N2O4S/c1-23(2)19-13-12-16-10-6-7-11-17(16)20(19)28(26,27)22-18(21(24)25)14-15-8-4-3-5-9-15/h3-13,18,22H,14H2,1-2H3,(H,24,25)/t18-/m0/s1. The molecular formula is C21H22N2O4S. The molecule has 0 heterocycles. The quantitative estimate of drug-likeness (QED) is 0.639. The van der Waals surface area contributed by atoms with Crippen LogP contribution in [0.2, 0.25) is 0 Å². The summed E-state index contributed by atoms with van der Waals surface area (Å²) in [6.07, 6.45) is 0.0530. The number of hydrogen-bond donors (Lipinski definition) is 2. The fourth-order valence-electron chi connectivity index (χ4n) is 3.14. The Bertz CT molecular complexity index is 1100. The normalized spacial score (nSPS) is 12.6. The van der Waals surface area contributed by atoms with Gasteiger partial charge in [-0.05, 0) is 23.4 Å². The molecule has 0 amide bonds. The van der Waals surface area contributed by atoms with Crippen LogP contribution < -0.4 is 9.62 Å². The van der Waals surface area contributed by atoms with E-state index in [1.807, 2.05) is 24.3 Å². The van der Waals surface area contributed by atoms with Crippen molar-refractivity contribution in [2.45, 2.75) is 17.4 Å². The molecule has 3 rings (SSSR count). The second-order valence-corrected chi connectivity index (χ2v) is 8.38. The van der Waals surface area contributed by atoms with E-state index in [2.05, 4.69) is 4.72 Å². The Morgan fingerprint density at radius 1 is 1.00 bits per heavy atom. The van der Waals surface area contributed by atoms with E-state index in [0.717, 1.165) is 10.9 Å². The zero-order valence-corrected chi connectivity index (χ0v) is 16.5. The first-order chi connectivity index (χ1) is 13.3. The van der Waals surface area contributed by atoms with Gasteiger partial charge in [-0.25, -0.2) is 8.42 Å². The van der Waals surface area contributed by atoms with Gasteiger partial charge in [-0.2, -0.15) is 4.72 Å². The number of hydrogen-bond acceptors (Lipinski definition) is 4. The third kappa shape index (κ3) is 4.16. The Kier molecular flexibility index (Phi) is 5.67. The number of rotatable bonds is 7. The minimum atomic E-state index is -4.10. The summed E-state index contributed by atoms with van der Waals surface area (Å²) in [4.78, 5) is 13.5. The highest BCUT2D eigenvalue weighted by atomic mass is 32.2. The summed E-state index contributed by atoms with van der Waals surface area (Å²) >= 11 is 0. The molecule has 0 aliphatic rings. The predicted molar refractivity (Wildman–Crippen MR) is 110 cm³/mol. The van der Waals surface area contributed by atoms with Gasteiger partial charge in [-0.15, -0.1) is 0 Å². The number of carbonyl (C=O) groups is 1. The number of aliphatic carboxylic acids is 1. The van der Waals surface area contributed by atoms with E-state index in [1.165, 1.54) is 0 Å². The molecule has 2 N–H and O–H groups in total. The number of carboxylic acids is 1. The maximum atomic E-state index is 13.3. The summed E-state index contributed by atoms with van der Waals surface area (Å²) in [7, 11) is -0.596. The maximum absolute atomic E-state index is 13.3. The molecule has 7 heteroatoms. The third-order valence-electron chi connectivity index (χ3n) is 4.49. The lowest BCUT2D eigenvalue weighted by molar-refractivity contribution is -0.138. The molecule has 0 fully saturated rings. The minimum absolute atomic E-state index is 0.0530. The van der Waals surface area contributed by atoms with Crippen molar-refractivity contribution in [2.24, 2.45) is 0 Å². The van der Waals surface area contributed by atoms with Crippen molar-refractivity contribution in [3.63, 3.8) is 0 Å². The molecule has 28 heavy (non-hydrogen) atoms. The minimum Gasteiger partial charge on any atom is -0.480 e. The van der Waals surface area contributed by atoms with Gasteiger partial charge in [-0.1, -0.05) is 60.7 Å². The molecule has 0 radical (unpaired) electrons. The highest BCUT2D eigenvalue weighted by molar-refractivity contribution is 7.90. The fourth-order valence-corrected chi connectivity index (χ4v) is 4.82. The molecule has 0 spiro atoms. The van der Waals surface area contributed by atoms with E-state index in [9.17, 15) is 18.3 Å². The van der Waals surface area contributed by atoms with E-state index in [1.54, 1.807) is 61.5 Å². The number of nitrogens with one attached hydrogen (secondary N) is 1. The number of benzene rings is 3. The van der Waals surface area contributed by atoms with E-state index in [-0.39, 0.29) is 11.3 Å². The highest BCUT2D eigenvalue weighted by Crippen LogP contribution is 2.32. The summed E-state index contributed by atoms with van der Waals surface area (Å²) in [5.41, 5.74) is 1.23. The van der Waals surface area contributed by atoms with Crippen LogP contribution in [0.25, 0.3) is 10.8 Å². The van der Waals surface area contributed by atoms with Crippen LogP contribution in [-0.4, -0.2) is 39.6 Å². The Balaban J connectivity index is 2.06. The van der Waals surface area contributed by atoms with Crippen LogP contribution in [0, 0.1) is 0 Å². The maximum Gasteiger partial charge on any atom is 0.322 e. The summed E-state index contributed by atoms with van der Waals surface area (Å²) in [6.45, 7) is 0. The predicted octanol–water partition coefficient (Wildman–Crippen LogP) is 2.88. The first-order valence-electron chi connectivity index (χ1n) is 8.78. The number of carboxylic acid groups (broad SMARTS) is 1. The van der Waals surface area contributed by atoms with Gasteiger partial charge in [0.25, 0.3) is 0 Å². The number of nitrogens with zero attached hydrogens (tertiary/aromatic N) is 1. The van der Waals surface area contributed by atoms with E-state index < -0.39 is 22.0 Å². The molecule has 0 aliphatic heterocycles. The van der Waals surface area contributed by atoms with Crippen LogP contribution in [0.1, 0.15) is 5.56 Å². The second kappa shape index (κ2) is 8.00. The van der Waals surface area contributed by atoms with Crippen molar-refractivity contribution < 1.29 is 18.3 Å². The van der Waals surface area contributed by atoms with Gasteiger partial charge in [0.05, 0.1) is 5.69 Å². The largest absolute Gasteiger partial charge is 0.480 e. The van der Waals surface area contributed by atoms with E-state index in [4.69, 9.17) is 0 Å². The zero-order chi connectivity index (χ0) is 20.3. The van der Waals surface area contributed by atoms with Crippen LogP contribution in [-0.2, 0) is 21.2 Å². The molecule has 3 aromatic carbocycles. The van der Waals surface area contributed by atoms with Gasteiger partial charge in [0.15, 0.2) is 0 Å². The highest BCUT2D eigenvalue weighted by Gasteiger charge is 2.29. The van der Waals surface area contributed by atoms with Crippen molar-refractivity contribution in [3.8, 4) is 0 Å². The number of anilines is 1. The van der Waals surface area contributed by atoms with Crippen LogP contribution in [0.5, 0.6) is 0 Å². The Labute approximate surface area is 164 Å². The second-order valence-electron chi connectivity index (χ2n) is 6.73. The molecule has 146 valence electrons. The smallest absolute Gasteiger partial charge is 0.322 e. The van der Waals surface area contributed by atoms with E-state index in [0.29, 0.717) is 11.1 Å². The molecule has 0 bridgehead atoms. The average molecular weight is 398 g/mol. The molecule has 0 aliphatic carbocycles. The Hall–Kier alpha value is -2.90. The van der Waals surface area contributed by atoms with Crippen molar-refractivity contribution in [1.82, 2.24) is 4.72 Å². The summed E-state index contributed by atoms with van der Waals surface area (Å²) < 4.78 is 28.9. The van der Waals surface area contributed by atoms with Gasteiger partial charge in [0.1, 0.15) is 10.9 Å². The van der Waals surface area contributed by atoms with Crippen molar-refractivity contribution >= 4 is 32.5 Å². The van der Waals surface area contributed by atoms with E-state index >= 15 is 0 Å². The van der Waals surface area contributed by atoms with Crippen LogP contribution >= 0.6 is 0 Å². The molecule has 0 saturated heterocycles. The molecule has 0 saturated carbocycles. The average Bonchev–Trinajstić information content (AvgIpc) is 2.67.